The lowest BCUT2D eigenvalue weighted by atomic mass is 10.1. The first-order valence-corrected chi connectivity index (χ1v) is 9.69. The SMILES string of the molecule is CC[C@H](CO)N(Cc1cccs1)C(=O)c1cccc(NC(=O)C(C)C)c1. The summed E-state index contributed by atoms with van der Waals surface area (Å²) in [4.78, 5) is 27.8. The minimum atomic E-state index is -0.251. The van der Waals surface area contributed by atoms with Crippen LogP contribution in [0.25, 0.3) is 0 Å². The van der Waals surface area contributed by atoms with Gasteiger partial charge in [0, 0.05) is 22.0 Å². The third-order valence-corrected chi connectivity index (χ3v) is 5.05. The van der Waals surface area contributed by atoms with E-state index in [0.717, 1.165) is 4.88 Å². The second-order valence-corrected chi connectivity index (χ2v) is 7.51. The van der Waals surface area contributed by atoms with E-state index in [4.69, 9.17) is 0 Å². The Labute approximate surface area is 158 Å². The molecule has 0 aliphatic rings. The molecule has 2 N–H and O–H groups in total. The van der Waals surface area contributed by atoms with Crippen molar-refractivity contribution in [1.82, 2.24) is 4.90 Å². The van der Waals surface area contributed by atoms with E-state index in [1.54, 1.807) is 40.5 Å². The molecule has 0 saturated carbocycles. The molecular formula is C20H26N2O3S. The van der Waals surface area contributed by atoms with Gasteiger partial charge in [-0.3, -0.25) is 9.59 Å². The lowest BCUT2D eigenvalue weighted by Gasteiger charge is -2.30. The first-order chi connectivity index (χ1) is 12.5. The first-order valence-electron chi connectivity index (χ1n) is 8.81. The van der Waals surface area contributed by atoms with Gasteiger partial charge in [-0.1, -0.05) is 32.9 Å². The predicted octanol–water partition coefficient (Wildman–Crippen LogP) is 3.76. The van der Waals surface area contributed by atoms with Crippen molar-refractivity contribution in [3.63, 3.8) is 0 Å². The quantitative estimate of drug-likeness (QED) is 0.739. The Morgan fingerprint density at radius 1 is 1.23 bits per heavy atom. The highest BCUT2D eigenvalue weighted by Gasteiger charge is 2.24. The topological polar surface area (TPSA) is 69.6 Å². The van der Waals surface area contributed by atoms with Crippen LogP contribution in [0.3, 0.4) is 0 Å². The molecule has 1 heterocycles. The third kappa shape index (κ3) is 5.16. The third-order valence-electron chi connectivity index (χ3n) is 4.19. The zero-order valence-corrected chi connectivity index (χ0v) is 16.3. The summed E-state index contributed by atoms with van der Waals surface area (Å²) in [6.45, 7) is 5.96. The normalized spacial score (nSPS) is 12.0. The van der Waals surface area contributed by atoms with Crippen LogP contribution < -0.4 is 5.32 Å². The van der Waals surface area contributed by atoms with Crippen LogP contribution >= 0.6 is 11.3 Å². The maximum Gasteiger partial charge on any atom is 0.254 e. The minimum Gasteiger partial charge on any atom is -0.394 e. The summed E-state index contributed by atoms with van der Waals surface area (Å²) in [5.74, 6) is -0.379. The highest BCUT2D eigenvalue weighted by Crippen LogP contribution is 2.20. The number of hydrogen-bond acceptors (Lipinski definition) is 4. The number of rotatable bonds is 8. The summed E-state index contributed by atoms with van der Waals surface area (Å²) in [5, 5.41) is 14.5. The molecule has 0 unspecified atom stereocenters. The van der Waals surface area contributed by atoms with Gasteiger partial charge in [-0.15, -0.1) is 11.3 Å². The van der Waals surface area contributed by atoms with Crippen molar-refractivity contribution < 1.29 is 14.7 Å². The van der Waals surface area contributed by atoms with Crippen LogP contribution in [0.15, 0.2) is 41.8 Å². The van der Waals surface area contributed by atoms with Crippen LogP contribution in [0.5, 0.6) is 0 Å². The molecule has 6 heteroatoms. The van der Waals surface area contributed by atoms with Gasteiger partial charge in [0.25, 0.3) is 5.91 Å². The molecule has 1 aromatic heterocycles. The summed E-state index contributed by atoms with van der Waals surface area (Å²) in [6, 6.07) is 10.6. The Balaban J connectivity index is 2.25. The van der Waals surface area contributed by atoms with Crippen molar-refractivity contribution >= 4 is 28.8 Å². The molecule has 0 radical (unpaired) electrons. The smallest absolute Gasteiger partial charge is 0.254 e. The number of aliphatic hydroxyl groups excluding tert-OH is 1. The molecule has 140 valence electrons. The van der Waals surface area contributed by atoms with E-state index >= 15 is 0 Å². The molecule has 26 heavy (non-hydrogen) atoms. The van der Waals surface area contributed by atoms with E-state index in [1.807, 2.05) is 38.3 Å². The zero-order chi connectivity index (χ0) is 19.1. The second-order valence-electron chi connectivity index (χ2n) is 6.48. The number of hydrogen-bond donors (Lipinski definition) is 2. The van der Waals surface area contributed by atoms with Gasteiger partial charge in [0.1, 0.15) is 0 Å². The van der Waals surface area contributed by atoms with Gasteiger partial charge >= 0.3 is 0 Å². The van der Waals surface area contributed by atoms with Crippen LogP contribution in [0.2, 0.25) is 0 Å². The largest absolute Gasteiger partial charge is 0.394 e. The van der Waals surface area contributed by atoms with Crippen molar-refractivity contribution in [2.24, 2.45) is 5.92 Å². The number of nitrogens with zero attached hydrogens (tertiary/aromatic N) is 1. The Kier molecular flexibility index (Phi) is 7.36. The number of aliphatic hydroxyl groups is 1. The highest BCUT2D eigenvalue weighted by molar-refractivity contribution is 7.09. The van der Waals surface area contributed by atoms with Crippen molar-refractivity contribution in [2.75, 3.05) is 11.9 Å². The monoisotopic (exact) mass is 374 g/mol. The number of thiophene rings is 1. The average Bonchev–Trinajstić information content (AvgIpc) is 3.14. The first kappa shape index (κ1) is 20.1. The Morgan fingerprint density at radius 3 is 2.58 bits per heavy atom. The summed E-state index contributed by atoms with van der Waals surface area (Å²) in [6.07, 6.45) is 0.664. The van der Waals surface area contributed by atoms with E-state index in [9.17, 15) is 14.7 Å². The lowest BCUT2D eigenvalue weighted by molar-refractivity contribution is -0.118. The van der Waals surface area contributed by atoms with Gasteiger partial charge in [-0.25, -0.2) is 0 Å². The number of benzene rings is 1. The maximum atomic E-state index is 13.1. The Morgan fingerprint density at radius 2 is 2.00 bits per heavy atom. The van der Waals surface area contributed by atoms with Gasteiger partial charge in [0.2, 0.25) is 5.91 Å². The van der Waals surface area contributed by atoms with Crippen molar-refractivity contribution in [2.45, 2.75) is 39.8 Å². The number of anilines is 1. The van der Waals surface area contributed by atoms with Crippen LogP contribution in [0.4, 0.5) is 5.69 Å². The molecule has 2 aromatic rings. The highest BCUT2D eigenvalue weighted by atomic mass is 32.1. The number of nitrogens with one attached hydrogen (secondary N) is 1. The number of amides is 2. The maximum absolute atomic E-state index is 13.1. The molecule has 1 aromatic carbocycles. The Bertz CT molecular complexity index is 724. The molecule has 0 fully saturated rings. The van der Waals surface area contributed by atoms with Crippen molar-refractivity contribution in [3.8, 4) is 0 Å². The van der Waals surface area contributed by atoms with Crippen LogP contribution in [0, 0.1) is 5.92 Å². The number of carbonyl (C=O) groups is 2. The molecule has 0 bridgehead atoms. The molecular weight excluding hydrogens is 348 g/mol. The van der Waals surface area contributed by atoms with Gasteiger partial charge in [0.05, 0.1) is 19.2 Å². The number of carbonyl (C=O) groups excluding carboxylic acids is 2. The molecule has 5 nitrogen and oxygen atoms in total. The molecule has 1 atom stereocenters. The minimum absolute atomic E-state index is 0.0859. The molecule has 0 aliphatic heterocycles. The summed E-state index contributed by atoms with van der Waals surface area (Å²) < 4.78 is 0. The standard InChI is InChI=1S/C20H26N2O3S/c1-4-17(13-23)22(12-18-9-6-10-26-18)20(25)15-7-5-8-16(11-15)21-19(24)14(2)3/h5-11,14,17,23H,4,12-13H2,1-3H3,(H,21,24)/t17-/m1/s1. The fourth-order valence-corrected chi connectivity index (χ4v) is 3.27. The zero-order valence-electron chi connectivity index (χ0n) is 15.4. The van der Waals surface area contributed by atoms with E-state index in [2.05, 4.69) is 5.32 Å². The molecule has 2 amide bonds. The lowest BCUT2D eigenvalue weighted by Crippen LogP contribution is -2.41. The van der Waals surface area contributed by atoms with Crippen LogP contribution in [-0.2, 0) is 11.3 Å². The molecule has 0 spiro atoms. The summed E-state index contributed by atoms with van der Waals surface area (Å²) >= 11 is 1.58. The summed E-state index contributed by atoms with van der Waals surface area (Å²) in [5.41, 5.74) is 1.10. The van der Waals surface area contributed by atoms with E-state index in [1.165, 1.54) is 0 Å². The van der Waals surface area contributed by atoms with Gasteiger partial charge in [0.15, 0.2) is 0 Å². The Hall–Kier alpha value is -2.18. The van der Waals surface area contributed by atoms with Crippen LogP contribution in [0.1, 0.15) is 42.4 Å². The second kappa shape index (κ2) is 9.50. The molecule has 0 saturated heterocycles. The van der Waals surface area contributed by atoms with Crippen LogP contribution in [-0.4, -0.2) is 34.5 Å². The predicted molar refractivity (Wildman–Crippen MR) is 105 cm³/mol. The average molecular weight is 375 g/mol. The van der Waals surface area contributed by atoms with Gasteiger partial charge in [-0.2, -0.15) is 0 Å². The fraction of sp³-hybridized carbons (Fsp3) is 0.400. The summed E-state index contributed by atoms with van der Waals surface area (Å²) in [7, 11) is 0. The van der Waals surface area contributed by atoms with Gasteiger partial charge in [-0.05, 0) is 36.1 Å². The fourth-order valence-electron chi connectivity index (χ4n) is 2.57. The van der Waals surface area contributed by atoms with E-state index < -0.39 is 0 Å². The molecule has 0 aliphatic carbocycles. The van der Waals surface area contributed by atoms with E-state index in [-0.39, 0.29) is 30.4 Å². The molecule has 2 rings (SSSR count). The van der Waals surface area contributed by atoms with Crippen molar-refractivity contribution in [3.05, 3.63) is 52.2 Å². The van der Waals surface area contributed by atoms with E-state index in [0.29, 0.717) is 24.2 Å². The van der Waals surface area contributed by atoms with Gasteiger partial charge < -0.3 is 15.3 Å². The van der Waals surface area contributed by atoms with Crippen molar-refractivity contribution in [1.29, 1.82) is 0 Å².